The van der Waals surface area contributed by atoms with E-state index >= 15 is 0 Å². The minimum absolute atomic E-state index is 0.00451. The van der Waals surface area contributed by atoms with E-state index in [1.807, 2.05) is 36.1 Å². The lowest BCUT2D eigenvalue weighted by molar-refractivity contribution is 0.0746. The number of carbonyl (C=O) groups excluding carboxylic acids is 1. The summed E-state index contributed by atoms with van der Waals surface area (Å²) in [7, 11) is 0. The van der Waals surface area contributed by atoms with Gasteiger partial charge in [0, 0.05) is 50.7 Å². The molecule has 0 atom stereocenters. The number of aryl methyl sites for hydroxylation is 1. The van der Waals surface area contributed by atoms with Crippen LogP contribution in [0.25, 0.3) is 0 Å². The van der Waals surface area contributed by atoms with Crippen molar-refractivity contribution in [3.05, 3.63) is 60.2 Å². The first-order valence-electron chi connectivity index (χ1n) is 11.8. The highest BCUT2D eigenvalue weighted by Crippen LogP contribution is 2.23. The van der Waals surface area contributed by atoms with Gasteiger partial charge in [0.15, 0.2) is 0 Å². The average Bonchev–Trinajstić information content (AvgIpc) is 3.37. The highest BCUT2D eigenvalue weighted by molar-refractivity contribution is 5.94. The van der Waals surface area contributed by atoms with Crippen LogP contribution in [0.2, 0.25) is 0 Å². The summed E-state index contributed by atoms with van der Waals surface area (Å²) in [6.45, 7) is 4.65. The van der Waals surface area contributed by atoms with Crippen molar-refractivity contribution in [2.45, 2.75) is 38.7 Å². The van der Waals surface area contributed by atoms with E-state index in [4.69, 9.17) is 4.74 Å². The maximum Gasteiger partial charge on any atom is 0.255 e. The fourth-order valence-corrected chi connectivity index (χ4v) is 4.40. The maximum atomic E-state index is 13.0. The zero-order valence-corrected chi connectivity index (χ0v) is 19.4. The van der Waals surface area contributed by atoms with Crippen molar-refractivity contribution >= 4 is 23.4 Å². The van der Waals surface area contributed by atoms with Crippen molar-refractivity contribution < 1.29 is 9.53 Å². The molecular weight excluding hydrogens is 430 g/mol. The number of amides is 1. The average molecular weight is 460 g/mol. The second-order valence-electron chi connectivity index (χ2n) is 8.79. The topological polar surface area (TPSA) is 96.4 Å². The van der Waals surface area contributed by atoms with Gasteiger partial charge < -0.3 is 19.9 Å². The van der Waals surface area contributed by atoms with Crippen LogP contribution in [0.3, 0.4) is 0 Å². The summed E-state index contributed by atoms with van der Waals surface area (Å²) in [5, 5.41) is 3.23. The van der Waals surface area contributed by atoms with Crippen LogP contribution in [0, 0.1) is 6.92 Å². The largest absolute Gasteiger partial charge is 0.474 e. The van der Waals surface area contributed by atoms with Gasteiger partial charge in [-0.1, -0.05) is 0 Å². The number of nitrogens with one attached hydrogen (secondary N) is 1. The Hall–Kier alpha value is -3.75. The number of anilines is 3. The van der Waals surface area contributed by atoms with Gasteiger partial charge in [0.1, 0.15) is 29.9 Å². The molecule has 5 rings (SSSR count). The number of piperazine rings is 1. The van der Waals surface area contributed by atoms with E-state index in [2.05, 4.69) is 30.2 Å². The second-order valence-corrected chi connectivity index (χ2v) is 8.79. The summed E-state index contributed by atoms with van der Waals surface area (Å²) in [6, 6.07) is 9.45. The van der Waals surface area contributed by atoms with Crippen LogP contribution >= 0.6 is 0 Å². The molecule has 0 bridgehead atoms. The normalized spacial score (nSPS) is 16.5. The third-order valence-electron chi connectivity index (χ3n) is 6.29. The molecule has 2 aliphatic rings. The van der Waals surface area contributed by atoms with Crippen molar-refractivity contribution in [1.29, 1.82) is 0 Å². The van der Waals surface area contributed by atoms with Gasteiger partial charge in [0.05, 0.1) is 5.56 Å². The first kappa shape index (κ1) is 22.1. The van der Waals surface area contributed by atoms with Crippen molar-refractivity contribution in [2.24, 2.45) is 0 Å². The molecule has 1 amide bonds. The fourth-order valence-electron chi connectivity index (χ4n) is 4.40. The van der Waals surface area contributed by atoms with Crippen molar-refractivity contribution in [1.82, 2.24) is 24.8 Å². The summed E-state index contributed by atoms with van der Waals surface area (Å²) in [5.74, 6) is 2.85. The van der Waals surface area contributed by atoms with Gasteiger partial charge in [0.2, 0.25) is 5.88 Å². The van der Waals surface area contributed by atoms with E-state index in [0.29, 0.717) is 43.4 Å². The van der Waals surface area contributed by atoms with Gasteiger partial charge >= 0.3 is 0 Å². The summed E-state index contributed by atoms with van der Waals surface area (Å²) >= 11 is 0. The fraction of sp³-hybridized carbons (Fsp3) is 0.400. The number of aromatic nitrogens is 4. The molecule has 3 aromatic heterocycles. The van der Waals surface area contributed by atoms with Gasteiger partial charge in [-0.15, -0.1) is 0 Å². The summed E-state index contributed by atoms with van der Waals surface area (Å²) in [5.41, 5.74) is 1.71. The Bertz CT molecular complexity index is 1120. The molecule has 1 saturated carbocycles. The molecule has 4 heterocycles. The summed E-state index contributed by atoms with van der Waals surface area (Å²) in [4.78, 5) is 34.4. The van der Waals surface area contributed by atoms with E-state index in [-0.39, 0.29) is 12.0 Å². The van der Waals surface area contributed by atoms with Crippen LogP contribution in [-0.4, -0.2) is 63.0 Å². The maximum absolute atomic E-state index is 13.0. The minimum atomic E-state index is -0.00451. The number of hydrogen-bond acceptors (Lipinski definition) is 8. The van der Waals surface area contributed by atoms with Crippen molar-refractivity contribution in [2.75, 3.05) is 36.4 Å². The van der Waals surface area contributed by atoms with Crippen LogP contribution in [0.15, 0.2) is 49.1 Å². The zero-order valence-electron chi connectivity index (χ0n) is 19.4. The lowest BCUT2D eigenvalue weighted by Gasteiger charge is -2.35. The van der Waals surface area contributed by atoms with E-state index in [0.717, 1.165) is 30.0 Å². The van der Waals surface area contributed by atoms with Gasteiger partial charge in [-0.05, 0) is 56.4 Å². The van der Waals surface area contributed by atoms with Crippen molar-refractivity contribution in [3.8, 4) is 5.88 Å². The molecule has 1 aliphatic heterocycles. The zero-order chi connectivity index (χ0) is 23.3. The minimum Gasteiger partial charge on any atom is -0.474 e. The Kier molecular flexibility index (Phi) is 6.51. The van der Waals surface area contributed by atoms with Crippen LogP contribution in [0.5, 0.6) is 5.88 Å². The molecule has 2 fully saturated rings. The van der Waals surface area contributed by atoms with E-state index in [1.54, 1.807) is 24.8 Å². The standard InChI is InChI=1S/C25H29N7O2/c1-18-8-9-26-21(14-18)30-22-15-23(29-17-28-22)31-10-12-32(13-11-31)25(33)19-6-7-24(27-16-19)34-20-4-2-3-5-20/h6-9,14-17,20H,2-5,10-13H2,1H3,(H,26,28,29,30). The molecule has 9 nitrogen and oxygen atoms in total. The monoisotopic (exact) mass is 459 g/mol. The highest BCUT2D eigenvalue weighted by Gasteiger charge is 2.24. The van der Waals surface area contributed by atoms with E-state index in [9.17, 15) is 4.79 Å². The molecule has 9 heteroatoms. The predicted molar refractivity (Wildman–Crippen MR) is 130 cm³/mol. The Morgan fingerprint density at radius 1 is 0.971 bits per heavy atom. The smallest absolute Gasteiger partial charge is 0.255 e. The number of ether oxygens (including phenoxy) is 1. The van der Waals surface area contributed by atoms with Crippen LogP contribution in [0.4, 0.5) is 17.5 Å². The quantitative estimate of drug-likeness (QED) is 0.597. The first-order chi connectivity index (χ1) is 16.6. The third-order valence-corrected chi connectivity index (χ3v) is 6.29. The number of carbonyl (C=O) groups is 1. The predicted octanol–water partition coefficient (Wildman–Crippen LogP) is 3.60. The lowest BCUT2D eigenvalue weighted by Crippen LogP contribution is -2.49. The Labute approximate surface area is 199 Å². The van der Waals surface area contributed by atoms with Crippen LogP contribution in [-0.2, 0) is 0 Å². The molecule has 0 aromatic carbocycles. The van der Waals surface area contributed by atoms with Gasteiger partial charge in [0.25, 0.3) is 5.91 Å². The number of hydrogen-bond donors (Lipinski definition) is 1. The molecule has 0 unspecified atom stereocenters. The molecule has 0 radical (unpaired) electrons. The van der Waals surface area contributed by atoms with Crippen molar-refractivity contribution in [3.63, 3.8) is 0 Å². The molecule has 1 saturated heterocycles. The SMILES string of the molecule is Cc1ccnc(Nc2cc(N3CCN(C(=O)c4ccc(OC5CCCC5)nc4)CC3)ncn2)c1. The van der Waals surface area contributed by atoms with E-state index in [1.165, 1.54) is 12.8 Å². The summed E-state index contributed by atoms with van der Waals surface area (Å²) < 4.78 is 5.91. The van der Waals surface area contributed by atoms with Gasteiger partial charge in [-0.3, -0.25) is 4.79 Å². The summed E-state index contributed by atoms with van der Waals surface area (Å²) in [6.07, 6.45) is 9.79. The number of nitrogens with zero attached hydrogens (tertiary/aromatic N) is 6. The van der Waals surface area contributed by atoms with E-state index < -0.39 is 0 Å². The number of pyridine rings is 2. The second kappa shape index (κ2) is 10.0. The number of rotatable bonds is 6. The molecule has 34 heavy (non-hydrogen) atoms. The highest BCUT2D eigenvalue weighted by atomic mass is 16.5. The first-order valence-corrected chi connectivity index (χ1v) is 11.8. The van der Waals surface area contributed by atoms with Crippen LogP contribution < -0.4 is 15.0 Å². The molecule has 1 N–H and O–H groups in total. The molecule has 1 aliphatic carbocycles. The Morgan fingerprint density at radius 2 is 1.76 bits per heavy atom. The molecule has 0 spiro atoms. The molecule has 176 valence electrons. The molecule has 3 aromatic rings. The Balaban J connectivity index is 1.16. The lowest BCUT2D eigenvalue weighted by atomic mass is 10.2. The molecular formula is C25H29N7O2. The Morgan fingerprint density at radius 3 is 2.50 bits per heavy atom. The van der Waals surface area contributed by atoms with Gasteiger partial charge in [-0.2, -0.15) is 0 Å². The van der Waals surface area contributed by atoms with Gasteiger partial charge in [-0.25, -0.2) is 19.9 Å². The third kappa shape index (κ3) is 5.24. The van der Waals surface area contributed by atoms with Crippen LogP contribution in [0.1, 0.15) is 41.6 Å².